The first-order valence-electron chi connectivity index (χ1n) is 3.94. The Morgan fingerprint density at radius 1 is 1.29 bits per heavy atom. The number of imidazole rings is 1. The van der Waals surface area contributed by atoms with Crippen molar-refractivity contribution in [3.63, 3.8) is 0 Å². The number of benzene rings is 1. The summed E-state index contributed by atoms with van der Waals surface area (Å²) in [6.07, 6.45) is 0. The van der Waals surface area contributed by atoms with E-state index < -0.39 is 0 Å². The van der Waals surface area contributed by atoms with E-state index in [0.717, 1.165) is 5.56 Å². The van der Waals surface area contributed by atoms with E-state index in [1.165, 1.54) is 12.1 Å². The molecule has 0 aliphatic heterocycles. The molecule has 5 heteroatoms. The molecule has 3 nitrogen and oxygen atoms in total. The van der Waals surface area contributed by atoms with Crippen molar-refractivity contribution in [1.29, 1.82) is 0 Å². The Hall–Kier alpha value is -1.36. The highest BCUT2D eigenvalue weighted by molar-refractivity contribution is 9.10. The van der Waals surface area contributed by atoms with Gasteiger partial charge in [0.1, 0.15) is 16.1 Å². The van der Waals surface area contributed by atoms with Gasteiger partial charge >= 0.3 is 0 Å². The summed E-state index contributed by atoms with van der Waals surface area (Å²) in [5.41, 5.74) is 6.97. The molecule has 14 heavy (non-hydrogen) atoms. The molecule has 0 radical (unpaired) electrons. The number of H-pyrrole nitrogens is 1. The highest BCUT2D eigenvalue weighted by atomic mass is 79.9. The van der Waals surface area contributed by atoms with E-state index >= 15 is 0 Å². The Labute approximate surface area is 88.3 Å². The number of nitrogens with zero attached hydrogens (tertiary/aromatic N) is 1. The van der Waals surface area contributed by atoms with Crippen LogP contribution in [-0.4, -0.2) is 9.97 Å². The molecule has 2 aromatic rings. The van der Waals surface area contributed by atoms with Gasteiger partial charge in [-0.25, -0.2) is 9.37 Å². The number of nitrogens with two attached hydrogens (primary N) is 1. The number of halogens is 2. The zero-order valence-corrected chi connectivity index (χ0v) is 8.68. The molecule has 0 saturated heterocycles. The van der Waals surface area contributed by atoms with Crippen molar-refractivity contribution in [2.24, 2.45) is 0 Å². The van der Waals surface area contributed by atoms with Gasteiger partial charge in [0, 0.05) is 5.56 Å². The fourth-order valence-electron chi connectivity index (χ4n) is 1.17. The average Bonchev–Trinajstić information content (AvgIpc) is 2.47. The summed E-state index contributed by atoms with van der Waals surface area (Å²) < 4.78 is 13.3. The van der Waals surface area contributed by atoms with Crippen molar-refractivity contribution in [2.75, 3.05) is 5.73 Å². The van der Waals surface area contributed by atoms with Gasteiger partial charge in [-0.1, -0.05) is 0 Å². The molecule has 0 aliphatic carbocycles. The van der Waals surface area contributed by atoms with Gasteiger partial charge in [-0.05, 0) is 40.2 Å². The molecule has 0 spiro atoms. The lowest BCUT2D eigenvalue weighted by molar-refractivity contribution is 0.628. The van der Waals surface area contributed by atoms with Crippen molar-refractivity contribution in [1.82, 2.24) is 9.97 Å². The van der Waals surface area contributed by atoms with Gasteiger partial charge < -0.3 is 10.7 Å². The van der Waals surface area contributed by atoms with E-state index in [4.69, 9.17) is 5.73 Å². The molecule has 0 atom stereocenters. The summed E-state index contributed by atoms with van der Waals surface area (Å²) in [4.78, 5) is 6.87. The standard InChI is InChI=1S/C9H7BrFN3/c10-8-7(13-9(12)14-8)5-1-3-6(11)4-2-5/h1-4H,(H3,12,13,14). The van der Waals surface area contributed by atoms with Crippen LogP contribution in [0.25, 0.3) is 11.3 Å². The predicted octanol–water partition coefficient (Wildman–Crippen LogP) is 2.56. The Morgan fingerprint density at radius 3 is 2.43 bits per heavy atom. The number of hydrogen-bond donors (Lipinski definition) is 2. The number of nitrogens with one attached hydrogen (secondary N) is 1. The maximum atomic E-state index is 12.6. The lowest BCUT2D eigenvalue weighted by Crippen LogP contribution is -1.85. The monoisotopic (exact) mass is 255 g/mol. The first-order chi connectivity index (χ1) is 6.66. The summed E-state index contributed by atoms with van der Waals surface area (Å²) in [7, 11) is 0. The van der Waals surface area contributed by atoms with Gasteiger partial charge in [-0.15, -0.1) is 0 Å². The number of anilines is 1. The third-order valence-electron chi connectivity index (χ3n) is 1.80. The molecule has 3 N–H and O–H groups in total. The van der Waals surface area contributed by atoms with Gasteiger partial charge in [0.15, 0.2) is 5.95 Å². The zero-order chi connectivity index (χ0) is 10.1. The molecule has 0 fully saturated rings. The number of aromatic amines is 1. The Morgan fingerprint density at radius 2 is 1.93 bits per heavy atom. The molecule has 0 bridgehead atoms. The fraction of sp³-hybridized carbons (Fsp3) is 0. The van der Waals surface area contributed by atoms with Crippen molar-refractivity contribution in [2.45, 2.75) is 0 Å². The van der Waals surface area contributed by atoms with Gasteiger partial charge in [0.2, 0.25) is 0 Å². The topological polar surface area (TPSA) is 54.7 Å². The van der Waals surface area contributed by atoms with E-state index in [0.29, 0.717) is 16.2 Å². The van der Waals surface area contributed by atoms with Crippen molar-refractivity contribution >= 4 is 21.9 Å². The third-order valence-corrected chi connectivity index (χ3v) is 2.37. The minimum atomic E-state index is -0.270. The summed E-state index contributed by atoms with van der Waals surface area (Å²) in [6, 6.07) is 6.06. The van der Waals surface area contributed by atoms with Crippen molar-refractivity contribution in [3.8, 4) is 11.3 Å². The van der Waals surface area contributed by atoms with Crippen LogP contribution in [0.1, 0.15) is 0 Å². The summed E-state index contributed by atoms with van der Waals surface area (Å²) >= 11 is 3.28. The van der Waals surface area contributed by atoms with Crippen LogP contribution in [0.15, 0.2) is 28.9 Å². The SMILES string of the molecule is Nc1nc(-c2ccc(F)cc2)c(Br)[nH]1. The van der Waals surface area contributed by atoms with Crippen LogP contribution in [-0.2, 0) is 0 Å². The van der Waals surface area contributed by atoms with E-state index in [1.807, 2.05) is 0 Å². The second-order valence-electron chi connectivity index (χ2n) is 2.79. The van der Waals surface area contributed by atoms with Gasteiger partial charge in [0.05, 0.1) is 0 Å². The smallest absolute Gasteiger partial charge is 0.198 e. The van der Waals surface area contributed by atoms with Crippen LogP contribution >= 0.6 is 15.9 Å². The molecule has 2 rings (SSSR count). The number of hydrogen-bond acceptors (Lipinski definition) is 2. The molecular formula is C9H7BrFN3. The Bertz CT molecular complexity index is 450. The van der Waals surface area contributed by atoms with E-state index in [-0.39, 0.29) is 5.82 Å². The molecule has 0 unspecified atom stereocenters. The minimum absolute atomic E-state index is 0.270. The maximum absolute atomic E-state index is 12.6. The van der Waals surface area contributed by atoms with Gasteiger partial charge in [-0.3, -0.25) is 0 Å². The highest BCUT2D eigenvalue weighted by Crippen LogP contribution is 2.26. The van der Waals surface area contributed by atoms with Crippen molar-refractivity contribution in [3.05, 3.63) is 34.7 Å². The van der Waals surface area contributed by atoms with Crippen LogP contribution < -0.4 is 5.73 Å². The van der Waals surface area contributed by atoms with Crippen LogP contribution in [0.3, 0.4) is 0 Å². The average molecular weight is 256 g/mol. The van der Waals surface area contributed by atoms with E-state index in [2.05, 4.69) is 25.9 Å². The van der Waals surface area contributed by atoms with Crippen LogP contribution in [0.5, 0.6) is 0 Å². The zero-order valence-electron chi connectivity index (χ0n) is 7.09. The van der Waals surface area contributed by atoms with Crippen molar-refractivity contribution < 1.29 is 4.39 Å². The third kappa shape index (κ3) is 1.63. The molecule has 72 valence electrons. The number of nitrogen functional groups attached to an aromatic ring is 1. The van der Waals surface area contributed by atoms with E-state index in [1.54, 1.807) is 12.1 Å². The normalized spacial score (nSPS) is 10.4. The fourth-order valence-corrected chi connectivity index (χ4v) is 1.69. The lowest BCUT2D eigenvalue weighted by Gasteiger charge is -1.96. The quantitative estimate of drug-likeness (QED) is 0.823. The molecule has 0 saturated carbocycles. The lowest BCUT2D eigenvalue weighted by atomic mass is 10.2. The van der Waals surface area contributed by atoms with Crippen LogP contribution in [0, 0.1) is 5.82 Å². The number of aromatic nitrogens is 2. The molecule has 1 aromatic heterocycles. The number of rotatable bonds is 1. The van der Waals surface area contributed by atoms with Crippen LogP contribution in [0.4, 0.5) is 10.3 Å². The summed E-state index contributed by atoms with van der Waals surface area (Å²) in [5.74, 6) is 0.0598. The summed E-state index contributed by atoms with van der Waals surface area (Å²) in [5, 5.41) is 0. The minimum Gasteiger partial charge on any atom is -0.369 e. The summed E-state index contributed by atoms with van der Waals surface area (Å²) in [6.45, 7) is 0. The maximum Gasteiger partial charge on any atom is 0.198 e. The highest BCUT2D eigenvalue weighted by Gasteiger charge is 2.07. The molecule has 1 heterocycles. The Kier molecular flexibility index (Phi) is 2.25. The Balaban J connectivity index is 2.49. The second kappa shape index (κ2) is 3.42. The van der Waals surface area contributed by atoms with Gasteiger partial charge in [0.25, 0.3) is 0 Å². The van der Waals surface area contributed by atoms with E-state index in [9.17, 15) is 4.39 Å². The van der Waals surface area contributed by atoms with Crippen LogP contribution in [0.2, 0.25) is 0 Å². The van der Waals surface area contributed by atoms with Gasteiger partial charge in [-0.2, -0.15) is 0 Å². The first-order valence-corrected chi connectivity index (χ1v) is 4.73. The predicted molar refractivity (Wildman–Crippen MR) is 56.1 cm³/mol. The molecular weight excluding hydrogens is 249 g/mol. The second-order valence-corrected chi connectivity index (χ2v) is 3.58. The molecule has 0 aliphatic rings. The molecule has 0 amide bonds. The first kappa shape index (κ1) is 9.21. The molecule has 1 aromatic carbocycles. The largest absolute Gasteiger partial charge is 0.369 e.